The van der Waals surface area contributed by atoms with E-state index in [0.717, 1.165) is 45.5 Å². The van der Waals surface area contributed by atoms with Crippen molar-refractivity contribution < 1.29 is 4.74 Å². The van der Waals surface area contributed by atoms with Gasteiger partial charge in [-0.05, 0) is 111 Å². The Hall–Kier alpha value is -6.84. The van der Waals surface area contributed by atoms with E-state index in [4.69, 9.17) is 4.74 Å². The molecule has 58 heavy (non-hydrogen) atoms. The van der Waals surface area contributed by atoms with E-state index < -0.39 is 0 Å². The highest BCUT2D eigenvalue weighted by Crippen LogP contribution is 2.63. The Labute approximate surface area is 341 Å². The van der Waals surface area contributed by atoms with Gasteiger partial charge < -0.3 is 14.5 Å². The van der Waals surface area contributed by atoms with Crippen molar-refractivity contribution in [2.45, 2.75) is 45.4 Å². The zero-order valence-corrected chi connectivity index (χ0v) is 33.5. The molecular weight excluding hydrogens is 705 g/mol. The van der Waals surface area contributed by atoms with Crippen LogP contribution in [-0.2, 0) is 10.8 Å². The van der Waals surface area contributed by atoms with Gasteiger partial charge in [-0.25, -0.2) is 0 Å². The second-order valence-corrected chi connectivity index (χ2v) is 17.0. The van der Waals surface area contributed by atoms with Crippen LogP contribution in [0.15, 0.2) is 176 Å². The first kappa shape index (κ1) is 34.4. The summed E-state index contributed by atoms with van der Waals surface area (Å²) in [6.07, 6.45) is 0. The zero-order chi connectivity index (χ0) is 39.3. The molecule has 0 N–H and O–H groups in total. The monoisotopic (exact) mass is 748 g/mol. The molecule has 2 aliphatic heterocycles. The highest BCUT2D eigenvalue weighted by atomic mass is 16.5. The number of anilines is 6. The molecule has 8 aromatic rings. The Morgan fingerprint density at radius 2 is 1.05 bits per heavy atom. The molecule has 0 saturated carbocycles. The molecule has 280 valence electrons. The first-order valence-corrected chi connectivity index (χ1v) is 20.4. The lowest BCUT2D eigenvalue weighted by molar-refractivity contribution is 0.471. The van der Waals surface area contributed by atoms with E-state index in [1.165, 1.54) is 61.3 Å². The lowest BCUT2D eigenvalue weighted by Crippen LogP contribution is -2.33. The maximum absolute atomic E-state index is 6.99. The molecule has 11 rings (SSSR count). The van der Waals surface area contributed by atoms with Crippen LogP contribution in [0, 0.1) is 6.92 Å². The fourth-order valence-corrected chi connectivity index (χ4v) is 10.2. The number of rotatable bonds is 5. The predicted octanol–water partition coefficient (Wildman–Crippen LogP) is 15.3. The number of nitrogens with zero attached hydrogens (tertiary/aromatic N) is 2. The minimum Gasteiger partial charge on any atom is -0.453 e. The van der Waals surface area contributed by atoms with Gasteiger partial charge in [-0.1, -0.05) is 155 Å². The molecule has 0 unspecified atom stereocenters. The summed E-state index contributed by atoms with van der Waals surface area (Å²) in [5, 5.41) is 0. The van der Waals surface area contributed by atoms with Crippen molar-refractivity contribution in [3.05, 3.63) is 204 Å². The van der Waals surface area contributed by atoms with Gasteiger partial charge in [0.25, 0.3) is 0 Å². The van der Waals surface area contributed by atoms with Crippen LogP contribution in [0.4, 0.5) is 34.1 Å². The van der Waals surface area contributed by atoms with E-state index in [1.54, 1.807) is 0 Å². The molecule has 3 nitrogen and oxygen atoms in total. The van der Waals surface area contributed by atoms with Gasteiger partial charge in [-0.2, -0.15) is 0 Å². The zero-order valence-electron chi connectivity index (χ0n) is 33.5. The van der Waals surface area contributed by atoms with Crippen molar-refractivity contribution in [2.75, 3.05) is 9.80 Å². The summed E-state index contributed by atoms with van der Waals surface area (Å²) < 4.78 is 6.99. The van der Waals surface area contributed by atoms with Gasteiger partial charge in [0, 0.05) is 27.8 Å². The SMILES string of the molecule is Cc1c(N(c2cccc(-c3ccccc3)c2)c2ccc3c(c2)C(C)(C)c2ccccc2-3)ccc2c1N1c3ccccc3C(C)(C)c3c(-c4ccccc4)ccc(c31)O2. The smallest absolute Gasteiger partial charge is 0.151 e. The Bertz CT molecular complexity index is 2940. The third-order valence-corrected chi connectivity index (χ3v) is 13.0. The van der Waals surface area contributed by atoms with Crippen LogP contribution < -0.4 is 14.5 Å². The summed E-state index contributed by atoms with van der Waals surface area (Å²) in [5.41, 5.74) is 20.1. The average Bonchev–Trinajstić information content (AvgIpc) is 3.49. The van der Waals surface area contributed by atoms with Crippen molar-refractivity contribution >= 4 is 34.1 Å². The molecule has 1 aliphatic carbocycles. The summed E-state index contributed by atoms with van der Waals surface area (Å²) in [7, 11) is 0. The topological polar surface area (TPSA) is 15.7 Å². The number of hydrogen-bond acceptors (Lipinski definition) is 3. The van der Waals surface area contributed by atoms with Gasteiger partial charge in [0.1, 0.15) is 0 Å². The number of para-hydroxylation sites is 1. The first-order chi connectivity index (χ1) is 28.2. The molecule has 8 aromatic carbocycles. The second kappa shape index (κ2) is 12.6. The molecule has 0 amide bonds. The van der Waals surface area contributed by atoms with E-state index in [2.05, 4.69) is 220 Å². The highest BCUT2D eigenvalue weighted by molar-refractivity contribution is 6.00. The first-order valence-electron chi connectivity index (χ1n) is 20.4. The van der Waals surface area contributed by atoms with Crippen molar-refractivity contribution in [1.29, 1.82) is 0 Å². The maximum Gasteiger partial charge on any atom is 0.151 e. The number of hydrogen-bond donors (Lipinski definition) is 0. The van der Waals surface area contributed by atoms with Crippen LogP contribution in [0.25, 0.3) is 33.4 Å². The lowest BCUT2D eigenvalue weighted by atomic mass is 9.70. The van der Waals surface area contributed by atoms with Crippen LogP contribution >= 0.6 is 0 Å². The normalized spacial score (nSPS) is 14.7. The third-order valence-electron chi connectivity index (χ3n) is 13.0. The number of ether oxygens (including phenoxy) is 1. The molecule has 3 aliphatic rings. The number of fused-ring (bicyclic) bond motifs is 7. The van der Waals surface area contributed by atoms with Crippen LogP contribution in [0.3, 0.4) is 0 Å². The van der Waals surface area contributed by atoms with Gasteiger partial charge in [0.05, 0.1) is 22.7 Å². The molecule has 3 heteroatoms. The molecule has 0 radical (unpaired) electrons. The van der Waals surface area contributed by atoms with Crippen LogP contribution in [-0.4, -0.2) is 0 Å². The van der Waals surface area contributed by atoms with E-state index in [0.29, 0.717) is 0 Å². The predicted molar refractivity (Wildman–Crippen MR) is 241 cm³/mol. The summed E-state index contributed by atoms with van der Waals surface area (Å²) in [5.74, 6) is 1.73. The molecule has 0 atom stereocenters. The van der Waals surface area contributed by atoms with Crippen LogP contribution in [0.2, 0.25) is 0 Å². The maximum atomic E-state index is 6.99. The van der Waals surface area contributed by atoms with Crippen LogP contribution in [0.5, 0.6) is 11.5 Å². The van der Waals surface area contributed by atoms with Gasteiger partial charge in [0.2, 0.25) is 0 Å². The Morgan fingerprint density at radius 1 is 0.448 bits per heavy atom. The van der Waals surface area contributed by atoms with Crippen molar-refractivity contribution in [3.63, 3.8) is 0 Å². The molecule has 0 fully saturated rings. The Morgan fingerprint density at radius 3 is 1.84 bits per heavy atom. The average molecular weight is 749 g/mol. The largest absolute Gasteiger partial charge is 0.453 e. The lowest BCUT2D eigenvalue weighted by Gasteiger charge is -2.46. The highest BCUT2D eigenvalue weighted by Gasteiger charge is 2.44. The van der Waals surface area contributed by atoms with Crippen molar-refractivity contribution in [3.8, 4) is 44.9 Å². The summed E-state index contributed by atoms with van der Waals surface area (Å²) in [6.45, 7) is 11.7. The quantitative estimate of drug-likeness (QED) is 0.174. The van der Waals surface area contributed by atoms with E-state index in [1.807, 2.05) is 0 Å². The van der Waals surface area contributed by atoms with Crippen LogP contribution in [0.1, 0.15) is 55.5 Å². The van der Waals surface area contributed by atoms with Gasteiger partial charge in [0.15, 0.2) is 11.5 Å². The second-order valence-electron chi connectivity index (χ2n) is 17.0. The molecule has 2 heterocycles. The minimum atomic E-state index is -0.283. The van der Waals surface area contributed by atoms with Crippen molar-refractivity contribution in [2.24, 2.45) is 0 Å². The Kier molecular flexibility index (Phi) is 7.46. The molecule has 0 spiro atoms. The van der Waals surface area contributed by atoms with E-state index in [-0.39, 0.29) is 10.8 Å². The van der Waals surface area contributed by atoms with E-state index >= 15 is 0 Å². The molecule has 0 saturated heterocycles. The summed E-state index contributed by atoms with van der Waals surface area (Å²) >= 11 is 0. The van der Waals surface area contributed by atoms with Gasteiger partial charge in [-0.15, -0.1) is 0 Å². The Balaban J connectivity index is 1.15. The standard InChI is InChI=1S/C55H44N2O/c1-35-47(30-32-49-52(35)57-48-26-15-14-25-45(48)55(4,5)51-41(37-19-10-7-11-20-37)29-31-50(58-49)53(51)57)56(39-22-16-21-38(33-39)36-17-8-6-9-18-36)40-27-28-43-42-23-12-13-24-44(42)54(2,3)46(43)34-40/h6-34H,1-5H3. The summed E-state index contributed by atoms with van der Waals surface area (Å²) in [6, 6.07) is 64.2. The minimum absolute atomic E-state index is 0.140. The molecular formula is C55H44N2O. The fraction of sp³-hybridized carbons (Fsp3) is 0.127. The molecule has 0 bridgehead atoms. The van der Waals surface area contributed by atoms with Gasteiger partial charge >= 0.3 is 0 Å². The van der Waals surface area contributed by atoms with Gasteiger partial charge in [-0.3, -0.25) is 0 Å². The fourth-order valence-electron chi connectivity index (χ4n) is 10.2. The number of benzene rings is 8. The van der Waals surface area contributed by atoms with E-state index in [9.17, 15) is 0 Å². The molecule has 0 aromatic heterocycles. The summed E-state index contributed by atoms with van der Waals surface area (Å²) in [4.78, 5) is 4.95. The third kappa shape index (κ3) is 4.92. The van der Waals surface area contributed by atoms with Crippen molar-refractivity contribution in [1.82, 2.24) is 0 Å².